The molecule has 1 aromatic heterocycles. The summed E-state index contributed by atoms with van der Waals surface area (Å²) in [7, 11) is 0. The molecule has 174 valence electrons. The average molecular weight is 540 g/mol. The number of hydrogen-bond donors (Lipinski definition) is 0. The lowest BCUT2D eigenvalue weighted by Gasteiger charge is -2.13. The summed E-state index contributed by atoms with van der Waals surface area (Å²) in [6.45, 7) is 0.460. The first-order chi connectivity index (χ1) is 16.8. The van der Waals surface area contributed by atoms with Gasteiger partial charge in [0.05, 0.1) is 22.1 Å². The van der Waals surface area contributed by atoms with Gasteiger partial charge < -0.3 is 4.57 Å². The lowest BCUT2D eigenvalue weighted by atomic mass is 10.1. The molecule has 1 fully saturated rings. The Labute approximate surface area is 219 Å². The van der Waals surface area contributed by atoms with Crippen molar-refractivity contribution >= 4 is 85.8 Å². The van der Waals surface area contributed by atoms with E-state index in [2.05, 4.69) is 0 Å². The molecule has 1 saturated heterocycles. The first kappa shape index (κ1) is 23.6. The van der Waals surface area contributed by atoms with Crippen LogP contribution in [0.15, 0.2) is 77.8 Å². The second kappa shape index (κ2) is 9.47. The van der Waals surface area contributed by atoms with E-state index in [1.54, 1.807) is 30.3 Å². The van der Waals surface area contributed by atoms with Crippen LogP contribution in [-0.4, -0.2) is 19.7 Å². The van der Waals surface area contributed by atoms with Crippen LogP contribution in [0.4, 0.5) is 11.4 Å². The molecule has 4 aromatic rings. The van der Waals surface area contributed by atoms with E-state index < -0.39 is 4.92 Å². The van der Waals surface area contributed by atoms with Gasteiger partial charge in [-0.3, -0.25) is 19.8 Å². The predicted molar refractivity (Wildman–Crippen MR) is 146 cm³/mol. The SMILES string of the molecule is O=C1/C(=C\c2cn(Cc3c(Cl)cccc3Cl)c3ccccc23)SC(=S)N1c1cccc([N+](=O)[O-])c1. The molecule has 35 heavy (non-hydrogen) atoms. The summed E-state index contributed by atoms with van der Waals surface area (Å²) >= 11 is 19.4. The molecule has 1 aliphatic heterocycles. The average Bonchev–Trinajstić information content (AvgIpc) is 3.32. The molecular weight excluding hydrogens is 525 g/mol. The second-order valence-corrected chi connectivity index (χ2v) is 10.2. The normalized spacial score (nSPS) is 14.9. The van der Waals surface area contributed by atoms with Crippen LogP contribution in [0.3, 0.4) is 0 Å². The van der Waals surface area contributed by atoms with Crippen LogP contribution in [0.5, 0.6) is 0 Å². The van der Waals surface area contributed by atoms with E-state index in [1.807, 2.05) is 35.0 Å². The van der Waals surface area contributed by atoms with Gasteiger partial charge in [0, 0.05) is 50.4 Å². The van der Waals surface area contributed by atoms with Crippen LogP contribution in [0.2, 0.25) is 10.0 Å². The molecule has 10 heteroatoms. The molecule has 0 N–H and O–H groups in total. The first-order valence-electron chi connectivity index (χ1n) is 10.4. The van der Waals surface area contributed by atoms with Gasteiger partial charge in [0.25, 0.3) is 11.6 Å². The third-order valence-corrected chi connectivity index (χ3v) is 7.60. The topological polar surface area (TPSA) is 68.4 Å². The van der Waals surface area contributed by atoms with Crippen molar-refractivity contribution in [3.63, 3.8) is 0 Å². The highest BCUT2D eigenvalue weighted by Gasteiger charge is 2.34. The Morgan fingerprint density at radius 3 is 2.49 bits per heavy atom. The minimum absolute atomic E-state index is 0.109. The zero-order chi connectivity index (χ0) is 24.7. The fraction of sp³-hybridized carbons (Fsp3) is 0.0400. The number of carbonyl (C=O) groups excluding carboxylic acids is 1. The van der Waals surface area contributed by atoms with E-state index in [1.165, 1.54) is 23.1 Å². The van der Waals surface area contributed by atoms with Gasteiger partial charge >= 0.3 is 0 Å². The molecular formula is C25H15Cl2N3O3S2. The van der Waals surface area contributed by atoms with Crippen molar-refractivity contribution in [3.05, 3.63) is 109 Å². The zero-order valence-corrected chi connectivity index (χ0v) is 21.0. The summed E-state index contributed by atoms with van der Waals surface area (Å²) < 4.78 is 2.35. The second-order valence-electron chi connectivity index (χ2n) is 7.72. The summed E-state index contributed by atoms with van der Waals surface area (Å²) in [5.74, 6) is -0.327. The van der Waals surface area contributed by atoms with E-state index in [4.69, 9.17) is 35.4 Å². The van der Waals surface area contributed by atoms with Crippen molar-refractivity contribution in [3.8, 4) is 0 Å². The van der Waals surface area contributed by atoms with Crippen molar-refractivity contribution in [2.45, 2.75) is 6.54 Å². The summed E-state index contributed by atoms with van der Waals surface area (Å²) in [5.41, 5.74) is 2.86. The third-order valence-electron chi connectivity index (χ3n) is 5.59. The molecule has 0 spiro atoms. The zero-order valence-electron chi connectivity index (χ0n) is 17.9. The largest absolute Gasteiger partial charge is 0.342 e. The summed E-state index contributed by atoms with van der Waals surface area (Å²) in [6, 6.07) is 19.1. The molecule has 1 amide bonds. The van der Waals surface area contributed by atoms with Gasteiger partial charge in [0.1, 0.15) is 0 Å². The van der Waals surface area contributed by atoms with Crippen LogP contribution in [-0.2, 0) is 11.3 Å². The van der Waals surface area contributed by atoms with Crippen molar-refractivity contribution in [2.75, 3.05) is 4.90 Å². The van der Waals surface area contributed by atoms with Crippen LogP contribution in [0, 0.1) is 10.1 Å². The molecule has 0 saturated carbocycles. The van der Waals surface area contributed by atoms with Crippen molar-refractivity contribution in [1.82, 2.24) is 4.57 Å². The Morgan fingerprint density at radius 1 is 1.03 bits per heavy atom. The van der Waals surface area contributed by atoms with Gasteiger partial charge in [-0.15, -0.1) is 0 Å². The van der Waals surface area contributed by atoms with Crippen LogP contribution in [0.25, 0.3) is 17.0 Å². The van der Waals surface area contributed by atoms with E-state index in [9.17, 15) is 14.9 Å². The van der Waals surface area contributed by atoms with Crippen LogP contribution >= 0.6 is 47.2 Å². The molecule has 5 rings (SSSR count). The highest BCUT2D eigenvalue weighted by Crippen LogP contribution is 2.38. The summed E-state index contributed by atoms with van der Waals surface area (Å²) in [4.78, 5) is 25.7. The number of carbonyl (C=O) groups is 1. The molecule has 0 bridgehead atoms. The Kier molecular flexibility index (Phi) is 6.37. The number of halogens is 2. The Bertz CT molecular complexity index is 1540. The monoisotopic (exact) mass is 539 g/mol. The number of fused-ring (bicyclic) bond motifs is 1. The number of non-ortho nitro benzene ring substituents is 1. The predicted octanol–water partition coefficient (Wildman–Crippen LogP) is 7.31. The molecule has 0 atom stereocenters. The van der Waals surface area contributed by atoms with Crippen molar-refractivity contribution in [1.29, 1.82) is 0 Å². The highest BCUT2D eigenvalue weighted by molar-refractivity contribution is 8.27. The summed E-state index contributed by atoms with van der Waals surface area (Å²) in [6.07, 6.45) is 3.74. The molecule has 2 heterocycles. The van der Waals surface area contributed by atoms with Gasteiger partial charge in [0.2, 0.25) is 0 Å². The molecule has 3 aromatic carbocycles. The smallest absolute Gasteiger partial charge is 0.271 e. The maximum absolute atomic E-state index is 13.3. The maximum Gasteiger partial charge on any atom is 0.271 e. The van der Waals surface area contributed by atoms with Gasteiger partial charge in [-0.1, -0.05) is 77.5 Å². The quantitative estimate of drug-likeness (QED) is 0.115. The fourth-order valence-electron chi connectivity index (χ4n) is 3.95. The van der Waals surface area contributed by atoms with Gasteiger partial charge in [0.15, 0.2) is 4.32 Å². The highest BCUT2D eigenvalue weighted by atomic mass is 35.5. The molecule has 0 aliphatic carbocycles. The number of nitro benzene ring substituents is 1. The van der Waals surface area contributed by atoms with E-state index in [0.717, 1.165) is 33.8 Å². The van der Waals surface area contributed by atoms with Gasteiger partial charge in [-0.05, 0) is 30.3 Å². The Hall–Kier alpha value is -3.17. The lowest BCUT2D eigenvalue weighted by molar-refractivity contribution is -0.384. The Balaban J connectivity index is 1.53. The number of nitrogens with zero attached hydrogens (tertiary/aromatic N) is 3. The van der Waals surface area contributed by atoms with Crippen LogP contribution in [0.1, 0.15) is 11.1 Å². The standard InChI is InChI=1S/C25H15Cl2N3O3S2/c26-20-8-4-9-21(27)19(20)14-28-13-15(18-7-1-2-10-22(18)28)11-23-24(31)29(25(34)35-23)16-5-3-6-17(12-16)30(32)33/h1-13H,14H2/b23-11+. The molecule has 6 nitrogen and oxygen atoms in total. The number of benzene rings is 3. The van der Waals surface area contributed by atoms with Gasteiger partial charge in [-0.25, -0.2) is 0 Å². The Morgan fingerprint density at radius 2 is 1.74 bits per heavy atom. The molecule has 0 unspecified atom stereocenters. The number of thioether (sulfide) groups is 1. The first-order valence-corrected chi connectivity index (χ1v) is 12.3. The number of anilines is 1. The summed E-state index contributed by atoms with van der Waals surface area (Å²) in [5, 5.41) is 13.3. The minimum atomic E-state index is -0.503. The maximum atomic E-state index is 13.3. The van der Waals surface area contributed by atoms with Crippen molar-refractivity contribution < 1.29 is 9.72 Å². The molecule has 1 aliphatic rings. The number of nitro groups is 1. The lowest BCUT2D eigenvalue weighted by Crippen LogP contribution is -2.27. The van der Waals surface area contributed by atoms with Crippen LogP contribution < -0.4 is 4.90 Å². The van der Waals surface area contributed by atoms with E-state index >= 15 is 0 Å². The van der Waals surface area contributed by atoms with E-state index in [0.29, 0.717) is 31.5 Å². The number of thiocarbonyl (C=S) groups is 1. The fourth-order valence-corrected chi connectivity index (χ4v) is 5.76. The number of rotatable bonds is 5. The van der Waals surface area contributed by atoms with E-state index in [-0.39, 0.29) is 11.6 Å². The minimum Gasteiger partial charge on any atom is -0.342 e. The third kappa shape index (κ3) is 4.46. The molecule has 0 radical (unpaired) electrons. The number of amides is 1. The number of para-hydroxylation sites is 1. The number of hydrogen-bond acceptors (Lipinski definition) is 5. The number of aromatic nitrogens is 1. The van der Waals surface area contributed by atoms with Crippen molar-refractivity contribution in [2.24, 2.45) is 0 Å². The van der Waals surface area contributed by atoms with Gasteiger partial charge in [-0.2, -0.15) is 0 Å².